The number of para-hydroxylation sites is 1. The number of rotatable bonds is 6. The highest BCUT2D eigenvalue weighted by Gasteiger charge is 2.17. The Morgan fingerprint density at radius 1 is 0.938 bits per heavy atom. The zero-order valence-electron chi connectivity index (χ0n) is 18.5. The Bertz CT molecular complexity index is 1480. The molecule has 162 valence electrons. The van der Waals surface area contributed by atoms with Gasteiger partial charge in [0.1, 0.15) is 5.82 Å². The summed E-state index contributed by atoms with van der Waals surface area (Å²) >= 11 is 0. The number of carboxylic acids is 1. The van der Waals surface area contributed by atoms with Crippen molar-refractivity contribution in [3.63, 3.8) is 0 Å². The zero-order chi connectivity index (χ0) is 22.4. The Morgan fingerprint density at radius 3 is 2.44 bits per heavy atom. The van der Waals surface area contributed by atoms with Gasteiger partial charge in [0.15, 0.2) is 0 Å². The lowest BCUT2D eigenvalue weighted by molar-refractivity contribution is 0.0697. The van der Waals surface area contributed by atoms with Gasteiger partial charge < -0.3 is 19.1 Å². The number of aryl methyl sites for hydroxylation is 1. The molecule has 0 unspecified atom stereocenters. The third kappa shape index (κ3) is 3.24. The number of aromatic nitrogens is 3. The fourth-order valence-electron chi connectivity index (χ4n) is 4.54. The van der Waals surface area contributed by atoms with E-state index in [4.69, 9.17) is 4.98 Å². The maximum Gasteiger partial charge on any atom is 0.335 e. The molecule has 5 aromatic rings. The summed E-state index contributed by atoms with van der Waals surface area (Å²) in [5.74, 6) is -0.0790. The number of imidazole rings is 1. The van der Waals surface area contributed by atoms with Crippen molar-refractivity contribution >= 4 is 38.8 Å². The predicted molar refractivity (Wildman–Crippen MR) is 129 cm³/mol. The Balaban J connectivity index is 1.74. The molecule has 6 nitrogen and oxygen atoms in total. The van der Waals surface area contributed by atoms with Crippen molar-refractivity contribution in [2.45, 2.75) is 20.0 Å². The first-order chi connectivity index (χ1) is 15.5. The van der Waals surface area contributed by atoms with E-state index in [1.54, 1.807) is 12.1 Å². The molecule has 0 fully saturated rings. The lowest BCUT2D eigenvalue weighted by Crippen LogP contribution is -2.18. The summed E-state index contributed by atoms with van der Waals surface area (Å²) in [5, 5.41) is 11.9. The lowest BCUT2D eigenvalue weighted by Gasteiger charge is -2.14. The van der Waals surface area contributed by atoms with E-state index in [2.05, 4.69) is 63.4 Å². The molecule has 2 heterocycles. The van der Waals surface area contributed by atoms with Crippen molar-refractivity contribution in [1.82, 2.24) is 19.0 Å². The van der Waals surface area contributed by atoms with Crippen LogP contribution in [0.15, 0.2) is 60.7 Å². The monoisotopic (exact) mass is 426 g/mol. The summed E-state index contributed by atoms with van der Waals surface area (Å²) in [4.78, 5) is 18.5. The first-order valence-electron chi connectivity index (χ1n) is 10.9. The number of likely N-dealkylation sites (N-methyl/N-ethyl adjacent to an activating group) is 1. The maximum absolute atomic E-state index is 11.5. The molecule has 3 aromatic carbocycles. The fraction of sp³-hybridized carbons (Fsp3) is 0.231. The van der Waals surface area contributed by atoms with Crippen LogP contribution in [0.3, 0.4) is 0 Å². The quantitative estimate of drug-likeness (QED) is 0.411. The molecule has 32 heavy (non-hydrogen) atoms. The molecule has 0 bridgehead atoms. The van der Waals surface area contributed by atoms with Crippen LogP contribution in [0.4, 0.5) is 0 Å². The van der Waals surface area contributed by atoms with Gasteiger partial charge in [-0.1, -0.05) is 18.2 Å². The topological polar surface area (TPSA) is 63.3 Å². The van der Waals surface area contributed by atoms with Gasteiger partial charge in [-0.3, -0.25) is 0 Å². The van der Waals surface area contributed by atoms with Gasteiger partial charge in [-0.25, -0.2) is 9.78 Å². The van der Waals surface area contributed by atoms with E-state index in [0.29, 0.717) is 5.52 Å². The fourth-order valence-corrected chi connectivity index (χ4v) is 4.54. The van der Waals surface area contributed by atoms with Crippen molar-refractivity contribution in [1.29, 1.82) is 0 Å². The molecule has 6 heteroatoms. The molecule has 0 saturated heterocycles. The second kappa shape index (κ2) is 7.80. The van der Waals surface area contributed by atoms with E-state index >= 15 is 0 Å². The van der Waals surface area contributed by atoms with Gasteiger partial charge >= 0.3 is 5.97 Å². The smallest absolute Gasteiger partial charge is 0.335 e. The highest BCUT2D eigenvalue weighted by atomic mass is 16.4. The molecule has 0 atom stereocenters. The third-order valence-corrected chi connectivity index (χ3v) is 6.11. The van der Waals surface area contributed by atoms with Crippen LogP contribution in [0.25, 0.3) is 44.2 Å². The van der Waals surface area contributed by atoms with Crippen LogP contribution < -0.4 is 0 Å². The van der Waals surface area contributed by atoms with Crippen molar-refractivity contribution in [3.8, 4) is 11.4 Å². The number of nitrogens with zero attached hydrogens (tertiary/aromatic N) is 4. The van der Waals surface area contributed by atoms with Gasteiger partial charge in [0.2, 0.25) is 0 Å². The number of hydrogen-bond acceptors (Lipinski definition) is 3. The van der Waals surface area contributed by atoms with Gasteiger partial charge in [-0.15, -0.1) is 0 Å². The first-order valence-corrected chi connectivity index (χ1v) is 10.9. The van der Waals surface area contributed by atoms with Crippen LogP contribution in [0.2, 0.25) is 0 Å². The summed E-state index contributed by atoms with van der Waals surface area (Å²) in [5.41, 5.74) is 5.37. The van der Waals surface area contributed by atoms with Gasteiger partial charge in [0.05, 0.1) is 16.6 Å². The minimum absolute atomic E-state index is 0.253. The SMILES string of the molecule is CCn1c2ccccc2c2cc(-c3nc4cc(C(=O)O)ccc4n3CCN(C)C)ccc21. The van der Waals surface area contributed by atoms with Crippen molar-refractivity contribution in [3.05, 3.63) is 66.2 Å². The van der Waals surface area contributed by atoms with Crippen molar-refractivity contribution < 1.29 is 9.90 Å². The number of carbonyl (C=O) groups is 1. The van der Waals surface area contributed by atoms with Gasteiger partial charge in [0, 0.05) is 47.0 Å². The largest absolute Gasteiger partial charge is 0.478 e. The normalized spacial score (nSPS) is 11.9. The van der Waals surface area contributed by atoms with Gasteiger partial charge in [-0.05, 0) is 63.5 Å². The molecule has 5 rings (SSSR count). The molecule has 1 N–H and O–H groups in total. The highest BCUT2D eigenvalue weighted by Crippen LogP contribution is 2.33. The Labute approximate surface area is 186 Å². The second-order valence-corrected chi connectivity index (χ2v) is 8.39. The summed E-state index contributed by atoms with van der Waals surface area (Å²) < 4.78 is 4.53. The van der Waals surface area contributed by atoms with Crippen LogP contribution >= 0.6 is 0 Å². The maximum atomic E-state index is 11.5. The van der Waals surface area contributed by atoms with Gasteiger partial charge in [0.25, 0.3) is 0 Å². The summed E-state index contributed by atoms with van der Waals surface area (Å²) in [6.45, 7) is 4.69. The summed E-state index contributed by atoms with van der Waals surface area (Å²) in [7, 11) is 4.10. The molecule has 0 aliphatic rings. The molecule has 2 aromatic heterocycles. The average Bonchev–Trinajstić information content (AvgIpc) is 3.31. The number of aromatic carboxylic acids is 1. The van der Waals surface area contributed by atoms with Crippen LogP contribution in [0.1, 0.15) is 17.3 Å². The molecular formula is C26H26N4O2. The van der Waals surface area contributed by atoms with Crippen LogP contribution in [-0.2, 0) is 13.1 Å². The Morgan fingerprint density at radius 2 is 1.69 bits per heavy atom. The number of benzene rings is 3. The zero-order valence-corrected chi connectivity index (χ0v) is 18.5. The van der Waals surface area contributed by atoms with E-state index < -0.39 is 5.97 Å². The van der Waals surface area contributed by atoms with Crippen molar-refractivity contribution in [2.24, 2.45) is 0 Å². The standard InChI is InChI=1S/C26H26N4O2/c1-4-29-22-8-6-5-7-19(22)20-15-17(9-11-23(20)29)25-27-21-16-18(26(31)32)10-12-24(21)30(25)14-13-28(2)3/h5-12,15-16H,4,13-14H2,1-3H3,(H,31,32). The Kier molecular flexibility index (Phi) is 4.94. The van der Waals surface area contributed by atoms with E-state index in [1.807, 2.05) is 20.2 Å². The molecular weight excluding hydrogens is 400 g/mol. The summed E-state index contributed by atoms with van der Waals surface area (Å²) in [6.07, 6.45) is 0. The highest BCUT2D eigenvalue weighted by molar-refractivity contribution is 6.09. The third-order valence-electron chi connectivity index (χ3n) is 6.11. The van der Waals surface area contributed by atoms with E-state index in [1.165, 1.54) is 21.8 Å². The summed E-state index contributed by atoms with van der Waals surface area (Å²) in [6, 6.07) is 20.2. The van der Waals surface area contributed by atoms with Crippen LogP contribution in [-0.4, -0.2) is 50.7 Å². The minimum atomic E-state index is -0.940. The molecule has 0 aliphatic carbocycles. The second-order valence-electron chi connectivity index (χ2n) is 8.39. The van der Waals surface area contributed by atoms with E-state index in [-0.39, 0.29) is 5.56 Å². The number of carboxylic acid groups (broad SMARTS) is 1. The average molecular weight is 427 g/mol. The molecule has 0 aliphatic heterocycles. The van der Waals surface area contributed by atoms with Crippen LogP contribution in [0.5, 0.6) is 0 Å². The lowest BCUT2D eigenvalue weighted by atomic mass is 10.1. The molecule has 0 saturated carbocycles. The predicted octanol–water partition coefficient (Wildman–Crippen LogP) is 5.09. The minimum Gasteiger partial charge on any atom is -0.478 e. The van der Waals surface area contributed by atoms with E-state index in [9.17, 15) is 9.90 Å². The molecule has 0 amide bonds. The van der Waals surface area contributed by atoms with Crippen molar-refractivity contribution in [2.75, 3.05) is 20.6 Å². The van der Waals surface area contributed by atoms with Gasteiger partial charge in [-0.2, -0.15) is 0 Å². The van der Waals surface area contributed by atoms with Crippen LogP contribution in [0, 0.1) is 0 Å². The molecule has 0 spiro atoms. The number of fused-ring (bicyclic) bond motifs is 4. The van der Waals surface area contributed by atoms with E-state index in [0.717, 1.165) is 36.5 Å². The molecule has 0 radical (unpaired) electrons. The Hall–Kier alpha value is -3.64. The first kappa shape index (κ1) is 20.3. The number of hydrogen-bond donors (Lipinski definition) is 1.